The van der Waals surface area contributed by atoms with E-state index in [2.05, 4.69) is 42.8 Å². The van der Waals surface area contributed by atoms with Crippen molar-refractivity contribution in [1.29, 1.82) is 0 Å². The number of carbonyl (C=O) groups is 1. The second kappa shape index (κ2) is 6.07. The molecule has 3 N–H and O–H groups in total. The fraction of sp³-hybridized carbons (Fsp3) is 0.316. The van der Waals surface area contributed by atoms with E-state index in [-0.39, 0.29) is 12.1 Å². The summed E-state index contributed by atoms with van der Waals surface area (Å²) in [7, 11) is 2.21. The summed E-state index contributed by atoms with van der Waals surface area (Å²) in [6.07, 6.45) is 2.97. The molecule has 4 nitrogen and oxygen atoms in total. The van der Waals surface area contributed by atoms with Crippen molar-refractivity contribution in [3.8, 4) is 0 Å². The molecule has 3 heterocycles. The highest BCUT2D eigenvalue weighted by Gasteiger charge is 2.33. The first-order chi connectivity index (χ1) is 11.6. The lowest BCUT2D eigenvalue weighted by Gasteiger charge is -2.27. The van der Waals surface area contributed by atoms with E-state index in [1.807, 2.05) is 18.2 Å². The Morgan fingerprint density at radius 2 is 2.08 bits per heavy atom. The Hall–Kier alpha value is -2.11. The van der Waals surface area contributed by atoms with Crippen LogP contribution in [0, 0.1) is 0 Å². The Labute approximate surface area is 146 Å². The molecule has 2 atom stereocenters. The van der Waals surface area contributed by atoms with Crippen molar-refractivity contribution in [1.82, 2.24) is 5.32 Å². The van der Waals surface area contributed by atoms with Gasteiger partial charge < -0.3 is 15.5 Å². The Kier molecular flexibility index (Phi) is 3.90. The third-order valence-electron chi connectivity index (χ3n) is 4.78. The minimum absolute atomic E-state index is 0.0617. The van der Waals surface area contributed by atoms with Crippen LogP contribution in [0.4, 0.5) is 5.00 Å². The van der Waals surface area contributed by atoms with E-state index in [1.165, 1.54) is 15.3 Å². The summed E-state index contributed by atoms with van der Waals surface area (Å²) in [4.78, 5) is 15.6. The number of hydrogen-bond donors (Lipinski definition) is 3. The summed E-state index contributed by atoms with van der Waals surface area (Å²) in [5.41, 5.74) is 4.39. The average molecular weight is 340 g/mol. The van der Waals surface area contributed by atoms with Gasteiger partial charge in [0.2, 0.25) is 0 Å². The van der Waals surface area contributed by atoms with E-state index in [4.69, 9.17) is 0 Å². The first-order valence-electron chi connectivity index (χ1n) is 8.38. The van der Waals surface area contributed by atoms with Gasteiger partial charge in [-0.1, -0.05) is 36.4 Å². The quantitative estimate of drug-likeness (QED) is 0.782. The predicted octanol–water partition coefficient (Wildman–Crippen LogP) is 1.90. The van der Waals surface area contributed by atoms with Gasteiger partial charge in [-0.2, -0.15) is 0 Å². The third-order valence-corrected chi connectivity index (χ3v) is 5.95. The van der Waals surface area contributed by atoms with E-state index in [0.29, 0.717) is 0 Å². The van der Waals surface area contributed by atoms with Crippen LogP contribution >= 0.6 is 11.3 Å². The van der Waals surface area contributed by atoms with Crippen molar-refractivity contribution in [2.24, 2.45) is 0 Å². The van der Waals surface area contributed by atoms with Crippen molar-refractivity contribution in [2.45, 2.75) is 26.1 Å². The number of amides is 1. The smallest absolute Gasteiger partial charge is 0.256 e. The van der Waals surface area contributed by atoms with Crippen molar-refractivity contribution < 1.29 is 9.69 Å². The minimum atomic E-state index is -0.143. The minimum Gasteiger partial charge on any atom is -0.353 e. The fourth-order valence-corrected chi connectivity index (χ4v) is 4.84. The molecule has 0 aliphatic carbocycles. The second-order valence-electron chi connectivity index (χ2n) is 6.69. The highest BCUT2D eigenvalue weighted by atomic mass is 32.1. The summed E-state index contributed by atoms with van der Waals surface area (Å²) in [5.74, 6) is 0.0617. The number of hydrogen-bond acceptors (Lipinski definition) is 3. The molecule has 5 heteroatoms. The van der Waals surface area contributed by atoms with Gasteiger partial charge in [0.1, 0.15) is 17.7 Å². The molecule has 1 unspecified atom stereocenters. The van der Waals surface area contributed by atoms with Crippen LogP contribution in [-0.2, 0) is 13.0 Å². The zero-order chi connectivity index (χ0) is 16.7. The Balaban J connectivity index is 1.63. The average Bonchev–Trinajstić information content (AvgIpc) is 2.93. The molecule has 2 aliphatic heterocycles. The van der Waals surface area contributed by atoms with E-state index in [0.717, 1.165) is 41.2 Å². The number of quaternary nitrogens is 1. The number of fused-ring (bicyclic) bond motifs is 3. The van der Waals surface area contributed by atoms with Crippen molar-refractivity contribution in [3.63, 3.8) is 0 Å². The normalized spacial score (nSPS) is 23.1. The van der Waals surface area contributed by atoms with Gasteiger partial charge in [-0.3, -0.25) is 4.79 Å². The number of anilines is 1. The summed E-state index contributed by atoms with van der Waals surface area (Å²) in [6, 6.07) is 10.2. The first-order valence-corrected chi connectivity index (χ1v) is 9.20. The number of thiophene rings is 1. The van der Waals surface area contributed by atoms with Gasteiger partial charge >= 0.3 is 0 Å². The highest BCUT2D eigenvalue weighted by Crippen LogP contribution is 2.37. The van der Waals surface area contributed by atoms with Gasteiger partial charge in [-0.25, -0.2) is 0 Å². The molecule has 1 aromatic heterocycles. The summed E-state index contributed by atoms with van der Waals surface area (Å²) in [5, 5.41) is 7.68. The molecule has 1 amide bonds. The predicted molar refractivity (Wildman–Crippen MR) is 98.5 cm³/mol. The maximum atomic E-state index is 12.7. The van der Waals surface area contributed by atoms with Gasteiger partial charge in [0, 0.05) is 6.42 Å². The molecule has 4 rings (SSSR count). The van der Waals surface area contributed by atoms with E-state index < -0.39 is 0 Å². The molecule has 0 fully saturated rings. The summed E-state index contributed by atoms with van der Waals surface area (Å²) in [6.45, 7) is 4.17. The highest BCUT2D eigenvalue weighted by molar-refractivity contribution is 7.16. The molecule has 2 aromatic rings. The van der Waals surface area contributed by atoms with Crippen LogP contribution in [-0.4, -0.2) is 25.7 Å². The molecule has 0 bridgehead atoms. The van der Waals surface area contributed by atoms with Crippen LogP contribution < -0.4 is 15.5 Å². The molecular weight excluding hydrogens is 318 g/mol. The van der Waals surface area contributed by atoms with Crippen LogP contribution in [0.2, 0.25) is 0 Å². The van der Waals surface area contributed by atoms with E-state index >= 15 is 0 Å². The van der Waals surface area contributed by atoms with Crippen molar-refractivity contribution in [2.75, 3.05) is 18.9 Å². The zero-order valence-corrected chi connectivity index (χ0v) is 14.8. The van der Waals surface area contributed by atoms with Crippen molar-refractivity contribution in [3.05, 3.63) is 57.5 Å². The molecule has 2 aliphatic rings. The Bertz CT molecular complexity index is 810. The molecule has 0 saturated heterocycles. The van der Waals surface area contributed by atoms with Crippen molar-refractivity contribution >= 4 is 28.3 Å². The molecule has 0 saturated carbocycles. The lowest BCUT2D eigenvalue weighted by molar-refractivity contribution is -0.895. The first kappa shape index (κ1) is 15.4. The van der Waals surface area contributed by atoms with Gasteiger partial charge in [0.05, 0.1) is 24.0 Å². The summed E-state index contributed by atoms with van der Waals surface area (Å²) >= 11 is 1.75. The van der Waals surface area contributed by atoms with Gasteiger partial charge in [0.25, 0.3) is 5.91 Å². The van der Waals surface area contributed by atoms with Gasteiger partial charge in [0.15, 0.2) is 0 Å². The lowest BCUT2D eigenvalue weighted by atomic mass is 10.0. The van der Waals surface area contributed by atoms with Crippen LogP contribution in [0.5, 0.6) is 0 Å². The molecular formula is C19H22N3OS+. The Morgan fingerprint density at radius 1 is 1.29 bits per heavy atom. The van der Waals surface area contributed by atoms with Gasteiger partial charge in [-0.05, 0) is 23.6 Å². The standard InChI is InChI=1S/C19H21N3OS/c1-12(10-13-6-4-3-5-7-13)17-20-18(23)16-14-8-9-22(2)11-15(14)24-19(16)21-17/h3-7,10,17,21H,8-9,11H2,1-2H3,(H,20,23)/p+1/b12-10+/t17-/m1/s1. The molecule has 0 radical (unpaired) electrons. The fourth-order valence-electron chi connectivity index (χ4n) is 3.46. The molecule has 1 aromatic carbocycles. The maximum absolute atomic E-state index is 12.7. The molecule has 0 spiro atoms. The zero-order valence-electron chi connectivity index (χ0n) is 14.0. The van der Waals surface area contributed by atoms with Crippen LogP contribution in [0.25, 0.3) is 6.08 Å². The maximum Gasteiger partial charge on any atom is 0.256 e. The molecule has 24 heavy (non-hydrogen) atoms. The monoisotopic (exact) mass is 340 g/mol. The van der Waals surface area contributed by atoms with E-state index in [9.17, 15) is 4.79 Å². The topological polar surface area (TPSA) is 45.6 Å². The number of benzene rings is 1. The number of nitrogens with one attached hydrogen (secondary N) is 3. The lowest BCUT2D eigenvalue weighted by Crippen LogP contribution is -3.08. The SMILES string of the molecule is C/C(=C\c1ccccc1)[C@@H]1NC(=O)c2c(sc3c2CC[NH+](C)C3)N1. The van der Waals surface area contributed by atoms with Crippen LogP contribution in [0.15, 0.2) is 35.9 Å². The Morgan fingerprint density at radius 3 is 2.88 bits per heavy atom. The van der Waals surface area contributed by atoms with Crippen LogP contribution in [0.1, 0.15) is 33.3 Å². The largest absolute Gasteiger partial charge is 0.353 e. The number of likely N-dealkylation sites (N-methyl/N-ethyl adjacent to an activating group) is 1. The number of rotatable bonds is 2. The molecule has 124 valence electrons. The second-order valence-corrected chi connectivity index (χ2v) is 7.80. The van der Waals surface area contributed by atoms with Crippen LogP contribution in [0.3, 0.4) is 0 Å². The van der Waals surface area contributed by atoms with Gasteiger partial charge in [-0.15, -0.1) is 11.3 Å². The third kappa shape index (κ3) is 2.74. The summed E-state index contributed by atoms with van der Waals surface area (Å²) < 4.78 is 0. The number of carbonyl (C=O) groups excluding carboxylic acids is 1. The van der Waals surface area contributed by atoms with E-state index in [1.54, 1.807) is 11.3 Å².